The summed E-state index contributed by atoms with van der Waals surface area (Å²) in [7, 11) is 0. The second kappa shape index (κ2) is 5.55. The fourth-order valence-electron chi connectivity index (χ4n) is 4.06. The Hall–Kier alpha value is -0.770. The second-order valence-electron chi connectivity index (χ2n) is 8.14. The summed E-state index contributed by atoms with van der Waals surface area (Å²) in [6, 6.07) is 0.404. The number of hydrogen-bond donors (Lipinski definition) is 2. The molecule has 0 saturated carbocycles. The van der Waals surface area contributed by atoms with Crippen LogP contribution in [0.5, 0.6) is 0 Å². The Kier molecular flexibility index (Phi) is 4.33. The molecular weight excluding hydrogens is 250 g/mol. The van der Waals surface area contributed by atoms with Gasteiger partial charge in [0.25, 0.3) is 0 Å². The Morgan fingerprint density at radius 3 is 2.35 bits per heavy atom. The second-order valence-corrected chi connectivity index (χ2v) is 8.14. The van der Waals surface area contributed by atoms with Gasteiger partial charge in [0.2, 0.25) is 0 Å². The van der Waals surface area contributed by atoms with Crippen LogP contribution in [0.2, 0.25) is 0 Å². The lowest BCUT2D eigenvalue weighted by molar-refractivity contribution is 0.131. The van der Waals surface area contributed by atoms with Crippen molar-refractivity contribution in [1.82, 2.24) is 15.5 Å². The minimum Gasteiger partial charge on any atom is -0.335 e. The van der Waals surface area contributed by atoms with Gasteiger partial charge in [-0.3, -0.25) is 0 Å². The number of nitrogens with zero attached hydrogens (tertiary/aromatic N) is 1. The Bertz CT molecular complexity index is 349. The van der Waals surface area contributed by atoms with Crippen molar-refractivity contribution in [2.45, 2.75) is 77.4 Å². The van der Waals surface area contributed by atoms with Crippen molar-refractivity contribution >= 4 is 6.03 Å². The summed E-state index contributed by atoms with van der Waals surface area (Å²) in [5.41, 5.74) is 0.157. The van der Waals surface area contributed by atoms with Gasteiger partial charge in [0, 0.05) is 30.2 Å². The fourth-order valence-corrected chi connectivity index (χ4v) is 4.06. The Morgan fingerprint density at radius 1 is 1.20 bits per heavy atom. The van der Waals surface area contributed by atoms with Gasteiger partial charge in [-0.15, -0.1) is 0 Å². The molecule has 2 rings (SSSR count). The molecule has 2 aliphatic heterocycles. The zero-order valence-electron chi connectivity index (χ0n) is 13.8. The van der Waals surface area contributed by atoms with Crippen LogP contribution in [0.25, 0.3) is 0 Å². The molecule has 0 bridgehead atoms. The maximum atomic E-state index is 12.4. The monoisotopic (exact) mass is 281 g/mol. The largest absolute Gasteiger partial charge is 0.335 e. The lowest BCUT2D eigenvalue weighted by Gasteiger charge is -2.47. The summed E-state index contributed by atoms with van der Waals surface area (Å²) >= 11 is 0. The Labute approximate surface area is 123 Å². The van der Waals surface area contributed by atoms with E-state index in [9.17, 15) is 4.79 Å². The van der Waals surface area contributed by atoms with E-state index < -0.39 is 0 Å². The molecule has 116 valence electrons. The van der Waals surface area contributed by atoms with Crippen LogP contribution in [-0.4, -0.2) is 41.1 Å². The molecule has 2 fully saturated rings. The van der Waals surface area contributed by atoms with E-state index in [0.717, 1.165) is 32.4 Å². The van der Waals surface area contributed by atoms with Crippen LogP contribution >= 0.6 is 0 Å². The van der Waals surface area contributed by atoms with Crippen molar-refractivity contribution in [3.63, 3.8) is 0 Å². The molecule has 2 amide bonds. The lowest BCUT2D eigenvalue weighted by atomic mass is 9.79. The molecule has 0 aromatic rings. The molecule has 0 aromatic carbocycles. The number of carbonyl (C=O) groups is 1. The van der Waals surface area contributed by atoms with E-state index in [1.165, 1.54) is 6.42 Å². The zero-order valence-corrected chi connectivity index (χ0v) is 13.8. The Morgan fingerprint density at radius 2 is 1.80 bits per heavy atom. The first-order chi connectivity index (χ1) is 9.17. The molecule has 0 aliphatic carbocycles. The quantitative estimate of drug-likeness (QED) is 0.776. The van der Waals surface area contributed by atoms with Crippen molar-refractivity contribution in [3.8, 4) is 0 Å². The normalized spacial score (nSPS) is 30.1. The smallest absolute Gasteiger partial charge is 0.317 e. The van der Waals surface area contributed by atoms with Crippen molar-refractivity contribution < 1.29 is 4.79 Å². The third-order valence-corrected chi connectivity index (χ3v) is 4.46. The topological polar surface area (TPSA) is 44.4 Å². The van der Waals surface area contributed by atoms with Crippen LogP contribution in [0, 0.1) is 5.92 Å². The van der Waals surface area contributed by atoms with Crippen molar-refractivity contribution in [2.24, 2.45) is 5.92 Å². The molecule has 0 radical (unpaired) electrons. The van der Waals surface area contributed by atoms with Crippen molar-refractivity contribution in [2.75, 3.05) is 13.1 Å². The van der Waals surface area contributed by atoms with E-state index >= 15 is 0 Å². The van der Waals surface area contributed by atoms with Gasteiger partial charge < -0.3 is 15.5 Å². The number of amides is 2. The summed E-state index contributed by atoms with van der Waals surface area (Å²) in [6.45, 7) is 12.9. The molecule has 4 heteroatoms. The number of nitrogens with one attached hydrogen (secondary N) is 2. The third kappa shape index (κ3) is 4.11. The summed E-state index contributed by atoms with van der Waals surface area (Å²) in [5, 5.41) is 6.92. The number of likely N-dealkylation sites (tertiary alicyclic amines) is 1. The molecular formula is C16H31N3O. The molecule has 0 aromatic heterocycles. The molecule has 2 heterocycles. The molecule has 4 nitrogen and oxygen atoms in total. The van der Waals surface area contributed by atoms with Gasteiger partial charge in [-0.25, -0.2) is 4.79 Å². The summed E-state index contributed by atoms with van der Waals surface area (Å²) in [4.78, 5) is 14.4. The lowest BCUT2D eigenvalue weighted by Crippen LogP contribution is -2.63. The van der Waals surface area contributed by atoms with E-state index in [2.05, 4.69) is 45.3 Å². The predicted molar refractivity (Wildman–Crippen MR) is 82.8 cm³/mol. The van der Waals surface area contributed by atoms with Crippen LogP contribution in [0.1, 0.15) is 60.3 Å². The van der Waals surface area contributed by atoms with Crippen LogP contribution in [0.3, 0.4) is 0 Å². The Balaban J connectivity index is 1.93. The number of urea groups is 1. The highest BCUT2D eigenvalue weighted by atomic mass is 16.2. The number of rotatable bonds is 1. The van der Waals surface area contributed by atoms with Crippen LogP contribution in [0.15, 0.2) is 0 Å². The van der Waals surface area contributed by atoms with Gasteiger partial charge in [0.15, 0.2) is 0 Å². The molecule has 20 heavy (non-hydrogen) atoms. The molecule has 1 unspecified atom stereocenters. The number of carbonyl (C=O) groups excluding carboxylic acids is 1. The standard InChI is InChI=1S/C16H31N3O/c1-12-7-6-8-19(11-12)14(20)17-13-9-15(2,3)18-16(4,5)10-13/h12-13,18H,6-11H2,1-5H3,(H,17,20). The van der Waals surface area contributed by atoms with E-state index in [4.69, 9.17) is 0 Å². The minimum absolute atomic E-state index is 0.0783. The van der Waals surface area contributed by atoms with Gasteiger partial charge in [0.1, 0.15) is 0 Å². The van der Waals surface area contributed by atoms with Gasteiger partial charge in [-0.05, 0) is 59.3 Å². The van der Waals surface area contributed by atoms with E-state index in [-0.39, 0.29) is 23.2 Å². The molecule has 2 aliphatic rings. The molecule has 1 atom stereocenters. The molecule has 2 saturated heterocycles. The first kappa shape index (κ1) is 15.6. The highest BCUT2D eigenvalue weighted by molar-refractivity contribution is 5.74. The minimum atomic E-state index is 0.0783. The van der Waals surface area contributed by atoms with Gasteiger partial charge in [-0.1, -0.05) is 6.92 Å². The van der Waals surface area contributed by atoms with Gasteiger partial charge >= 0.3 is 6.03 Å². The summed E-state index contributed by atoms with van der Waals surface area (Å²) < 4.78 is 0. The SMILES string of the molecule is CC1CCCN(C(=O)NC2CC(C)(C)NC(C)(C)C2)C1. The van der Waals surface area contributed by atoms with E-state index in [1.54, 1.807) is 0 Å². The maximum absolute atomic E-state index is 12.4. The average Bonchev–Trinajstić information content (AvgIpc) is 2.24. The highest BCUT2D eigenvalue weighted by Crippen LogP contribution is 2.28. The van der Waals surface area contributed by atoms with Crippen LogP contribution in [0.4, 0.5) is 4.79 Å². The third-order valence-electron chi connectivity index (χ3n) is 4.46. The van der Waals surface area contributed by atoms with Crippen molar-refractivity contribution in [3.05, 3.63) is 0 Å². The maximum Gasteiger partial charge on any atom is 0.317 e. The van der Waals surface area contributed by atoms with Gasteiger partial charge in [0.05, 0.1) is 0 Å². The highest BCUT2D eigenvalue weighted by Gasteiger charge is 2.38. The number of piperidine rings is 2. The molecule has 0 spiro atoms. The van der Waals surface area contributed by atoms with Crippen molar-refractivity contribution in [1.29, 1.82) is 0 Å². The van der Waals surface area contributed by atoms with E-state index in [1.807, 2.05) is 4.90 Å². The van der Waals surface area contributed by atoms with Crippen LogP contribution in [-0.2, 0) is 0 Å². The number of hydrogen-bond acceptors (Lipinski definition) is 2. The first-order valence-corrected chi connectivity index (χ1v) is 8.02. The zero-order chi connectivity index (χ0) is 15.0. The van der Waals surface area contributed by atoms with E-state index in [0.29, 0.717) is 5.92 Å². The van der Waals surface area contributed by atoms with Crippen LogP contribution < -0.4 is 10.6 Å². The van der Waals surface area contributed by atoms with Gasteiger partial charge in [-0.2, -0.15) is 0 Å². The molecule has 2 N–H and O–H groups in total. The first-order valence-electron chi connectivity index (χ1n) is 8.02. The summed E-state index contributed by atoms with van der Waals surface area (Å²) in [6.07, 6.45) is 4.37. The predicted octanol–water partition coefficient (Wildman–Crippen LogP) is 2.74. The summed E-state index contributed by atoms with van der Waals surface area (Å²) in [5.74, 6) is 0.635. The average molecular weight is 281 g/mol. The fraction of sp³-hybridized carbons (Fsp3) is 0.938.